The number of allylic oxidation sites excluding steroid dienone is 4. The number of methoxy groups -OCH3 is 1. The Hall–Kier alpha value is -2.83. The summed E-state index contributed by atoms with van der Waals surface area (Å²) in [6, 6.07) is 3.08. The molecular weight excluding hydrogens is 513 g/mol. The monoisotopic (exact) mass is 527 g/mol. The molecule has 1 aromatic carbocycles. The molecule has 33 heavy (non-hydrogen) atoms. The van der Waals surface area contributed by atoms with Gasteiger partial charge in [0.1, 0.15) is 5.69 Å². The van der Waals surface area contributed by atoms with Crippen LogP contribution in [0.15, 0.2) is 64.5 Å². The highest BCUT2D eigenvalue weighted by Gasteiger charge is 2.34. The first-order chi connectivity index (χ1) is 15.3. The second-order valence-corrected chi connectivity index (χ2v) is 8.62. The molecule has 0 bridgehead atoms. The lowest BCUT2D eigenvalue weighted by molar-refractivity contribution is -0.137. The largest absolute Gasteiger partial charge is 0.501 e. The number of ether oxygens (including phenoxy) is 1. The minimum Gasteiger partial charge on any atom is -0.501 e. The van der Waals surface area contributed by atoms with Gasteiger partial charge in [-0.15, -0.1) is 0 Å². The first-order valence-corrected chi connectivity index (χ1v) is 10.9. The van der Waals surface area contributed by atoms with Crippen molar-refractivity contribution in [3.8, 4) is 5.88 Å². The van der Waals surface area contributed by atoms with Gasteiger partial charge in [-0.3, -0.25) is 4.72 Å². The second kappa shape index (κ2) is 10.9. The third kappa shape index (κ3) is 7.62. The van der Waals surface area contributed by atoms with Crippen LogP contribution in [0.2, 0.25) is 10.0 Å². The lowest BCUT2D eigenvalue weighted by atomic mass is 10.2. The number of anilines is 1. The average Bonchev–Trinajstić information content (AvgIpc) is 2.72. The average molecular weight is 528 g/mol. The van der Waals surface area contributed by atoms with Crippen LogP contribution in [-0.2, 0) is 20.9 Å². The number of aromatic nitrogens is 1. The van der Waals surface area contributed by atoms with Crippen molar-refractivity contribution >= 4 is 44.9 Å². The Morgan fingerprint density at radius 1 is 1.24 bits per heavy atom. The molecule has 0 aliphatic heterocycles. The zero-order chi connectivity index (χ0) is 24.8. The second-order valence-electron chi connectivity index (χ2n) is 6.10. The summed E-state index contributed by atoms with van der Waals surface area (Å²) in [7, 11) is -3.16. The molecule has 1 N–H and O–H groups in total. The van der Waals surface area contributed by atoms with Crippen LogP contribution < -0.4 is 9.56 Å². The van der Waals surface area contributed by atoms with Crippen LogP contribution in [0.25, 0.3) is 0 Å². The van der Waals surface area contributed by atoms with Crippen molar-refractivity contribution in [1.29, 1.82) is 0 Å². The minimum atomic E-state index is -4.88. The van der Waals surface area contributed by atoms with E-state index in [1.807, 2.05) is 4.72 Å². The molecule has 0 saturated heterocycles. The van der Waals surface area contributed by atoms with Crippen molar-refractivity contribution in [3.63, 3.8) is 0 Å². The maximum Gasteiger partial charge on any atom is 0.417 e. The van der Waals surface area contributed by atoms with Gasteiger partial charge in [0.15, 0.2) is 0 Å². The van der Waals surface area contributed by atoms with Crippen molar-refractivity contribution in [3.05, 3.63) is 70.1 Å². The smallest absolute Gasteiger partial charge is 0.417 e. The van der Waals surface area contributed by atoms with Gasteiger partial charge in [0, 0.05) is 6.20 Å². The van der Waals surface area contributed by atoms with Crippen LogP contribution in [0.5, 0.6) is 5.88 Å². The van der Waals surface area contributed by atoms with Crippen LogP contribution in [-0.4, -0.2) is 26.5 Å². The molecule has 0 aliphatic rings. The molecule has 0 fully saturated rings. The summed E-state index contributed by atoms with van der Waals surface area (Å²) in [5.74, 6) is -1.12. The number of sulfonamides is 1. The zero-order valence-corrected chi connectivity index (χ0v) is 19.2. The quantitative estimate of drug-likeness (QED) is 0.150. The van der Waals surface area contributed by atoms with E-state index in [0.29, 0.717) is 11.8 Å². The Labute approximate surface area is 196 Å². The maximum atomic E-state index is 13.8. The third-order valence-corrected chi connectivity index (χ3v) is 5.62. The van der Waals surface area contributed by atoms with E-state index in [9.17, 15) is 26.0 Å². The molecule has 14 heteroatoms. The molecule has 2 aromatic rings. The van der Waals surface area contributed by atoms with Gasteiger partial charge in [-0.05, 0) is 48.5 Å². The fourth-order valence-corrected chi connectivity index (χ4v) is 3.57. The Kier molecular flexibility index (Phi) is 8.69. The van der Waals surface area contributed by atoms with Gasteiger partial charge in [-0.2, -0.15) is 17.6 Å². The van der Waals surface area contributed by atoms with Crippen LogP contribution in [0.4, 0.5) is 23.2 Å². The van der Waals surface area contributed by atoms with E-state index >= 15 is 0 Å². The predicted molar refractivity (Wildman–Crippen MR) is 116 cm³/mol. The Morgan fingerprint density at radius 3 is 2.58 bits per heavy atom. The van der Waals surface area contributed by atoms with Gasteiger partial charge < -0.3 is 9.57 Å². The van der Waals surface area contributed by atoms with E-state index in [0.717, 1.165) is 30.5 Å². The molecule has 178 valence electrons. The van der Waals surface area contributed by atoms with E-state index in [-0.39, 0.29) is 5.02 Å². The number of nitrogens with zero attached hydrogens (tertiary/aromatic N) is 2. The molecule has 2 rings (SSSR count). The minimum absolute atomic E-state index is 0.0448. The highest BCUT2D eigenvalue weighted by atomic mass is 35.5. The van der Waals surface area contributed by atoms with Crippen LogP contribution >= 0.6 is 23.2 Å². The Morgan fingerprint density at radius 2 is 1.94 bits per heavy atom. The van der Waals surface area contributed by atoms with Crippen LogP contribution in [0.1, 0.15) is 12.5 Å². The molecule has 0 saturated carbocycles. The van der Waals surface area contributed by atoms with Crippen LogP contribution in [0.3, 0.4) is 0 Å². The molecule has 1 heterocycles. The SMILES string of the molecule is CO/C(C)=C/C=C\C(F)=N\Oc1ncc(Cl)cc1NS(=O)(=O)c1ccc(Cl)c(C(F)(F)F)c1. The van der Waals surface area contributed by atoms with Crippen molar-refractivity contribution in [1.82, 2.24) is 4.98 Å². The van der Waals surface area contributed by atoms with Gasteiger partial charge in [0.05, 0.1) is 33.4 Å². The normalized spacial score (nSPS) is 13.3. The third-order valence-electron chi connectivity index (χ3n) is 3.72. The van der Waals surface area contributed by atoms with E-state index in [2.05, 4.69) is 10.1 Å². The van der Waals surface area contributed by atoms with E-state index in [4.69, 9.17) is 32.8 Å². The summed E-state index contributed by atoms with van der Waals surface area (Å²) in [5, 5.41) is 2.43. The number of oxime groups is 1. The fraction of sp³-hybridized carbons (Fsp3) is 0.158. The van der Waals surface area contributed by atoms with E-state index < -0.39 is 49.2 Å². The Balaban J connectivity index is 2.33. The fourth-order valence-electron chi connectivity index (χ4n) is 2.11. The molecular formula is C19H15Cl2F4N3O4S. The van der Waals surface area contributed by atoms with E-state index in [1.165, 1.54) is 19.3 Å². The number of hydrogen-bond donors (Lipinski definition) is 1. The topological polar surface area (TPSA) is 89.9 Å². The number of pyridine rings is 1. The van der Waals surface area contributed by atoms with Crippen LogP contribution in [0, 0.1) is 0 Å². The van der Waals surface area contributed by atoms with Crippen molar-refractivity contribution in [2.75, 3.05) is 11.8 Å². The zero-order valence-electron chi connectivity index (χ0n) is 16.8. The molecule has 1 aromatic heterocycles. The Bertz CT molecular complexity index is 1220. The predicted octanol–water partition coefficient (Wildman–Crippen LogP) is 5.98. The lowest BCUT2D eigenvalue weighted by Crippen LogP contribution is -2.16. The highest BCUT2D eigenvalue weighted by Crippen LogP contribution is 2.36. The number of nitrogens with one attached hydrogen (secondary N) is 1. The van der Waals surface area contributed by atoms with Crippen molar-refractivity contribution in [2.45, 2.75) is 18.0 Å². The molecule has 0 spiro atoms. The first kappa shape index (κ1) is 26.4. The molecule has 0 radical (unpaired) electrons. The molecule has 0 atom stereocenters. The summed E-state index contributed by atoms with van der Waals surface area (Å²) < 4.78 is 85.2. The molecule has 0 amide bonds. The summed E-state index contributed by atoms with van der Waals surface area (Å²) >= 11 is 11.3. The summed E-state index contributed by atoms with van der Waals surface area (Å²) in [4.78, 5) is 7.79. The van der Waals surface area contributed by atoms with Gasteiger partial charge in [-0.25, -0.2) is 13.4 Å². The summed E-state index contributed by atoms with van der Waals surface area (Å²) in [6.45, 7) is 1.63. The number of rotatable bonds is 8. The van der Waals surface area contributed by atoms with Gasteiger partial charge >= 0.3 is 6.18 Å². The van der Waals surface area contributed by atoms with Crippen molar-refractivity contribution in [2.24, 2.45) is 5.16 Å². The van der Waals surface area contributed by atoms with Gasteiger partial charge in [-0.1, -0.05) is 29.3 Å². The van der Waals surface area contributed by atoms with Gasteiger partial charge in [0.2, 0.25) is 0 Å². The van der Waals surface area contributed by atoms with Gasteiger partial charge in [0.25, 0.3) is 21.9 Å². The number of benzene rings is 1. The molecule has 0 aliphatic carbocycles. The number of alkyl halides is 3. The maximum absolute atomic E-state index is 13.8. The highest BCUT2D eigenvalue weighted by molar-refractivity contribution is 7.92. The molecule has 0 unspecified atom stereocenters. The lowest BCUT2D eigenvalue weighted by Gasteiger charge is -2.13. The van der Waals surface area contributed by atoms with Crippen molar-refractivity contribution < 1.29 is 35.6 Å². The summed E-state index contributed by atoms with van der Waals surface area (Å²) in [5.41, 5.74) is -1.74. The number of halogens is 6. The molecule has 7 nitrogen and oxygen atoms in total. The summed E-state index contributed by atoms with van der Waals surface area (Å²) in [6.07, 6.45) is -0.179. The number of hydrogen-bond acceptors (Lipinski definition) is 6. The standard InChI is InChI=1S/C19H15Cl2F4N3O4S/c1-11(31-2)4-3-5-17(22)27-32-18-16(8-12(20)10-26-18)28-33(29,30)13-6-7-15(21)14(9-13)19(23,24)25/h3-10,28H,1-2H3/b5-3-,11-4+,27-17-. The first-order valence-electron chi connectivity index (χ1n) is 8.68. The van der Waals surface area contributed by atoms with E-state index in [1.54, 1.807) is 6.92 Å².